The summed E-state index contributed by atoms with van der Waals surface area (Å²) in [6.45, 7) is 1.96. The first-order chi connectivity index (χ1) is 10.1. The van der Waals surface area contributed by atoms with E-state index in [1.54, 1.807) is 0 Å². The molecule has 0 amide bonds. The minimum Gasteiger partial charge on any atom is -0.316 e. The fraction of sp³-hybridized carbons (Fsp3) is 0.471. The zero-order chi connectivity index (χ0) is 15.0. The molecule has 1 atom stereocenters. The standard InChI is InChI=1S/C17H22ClN3/c1-12-16(18)14(21(3)20-12)11-15(19-2)17(9-10-17)13-7-5-4-6-8-13/h4-8,15,19H,9-11H2,1-3H3. The zero-order valence-corrected chi connectivity index (χ0v) is 13.6. The number of hydrogen-bond donors (Lipinski definition) is 1. The minimum absolute atomic E-state index is 0.248. The zero-order valence-electron chi connectivity index (χ0n) is 12.9. The Bertz CT molecular complexity index is 629. The average Bonchev–Trinajstić information content (AvgIpc) is 3.25. The lowest BCUT2D eigenvalue weighted by atomic mass is 9.85. The maximum absolute atomic E-state index is 6.42. The van der Waals surface area contributed by atoms with Gasteiger partial charge in [-0.05, 0) is 32.4 Å². The number of rotatable bonds is 5. The van der Waals surface area contributed by atoms with Crippen LogP contribution < -0.4 is 5.32 Å². The quantitative estimate of drug-likeness (QED) is 0.919. The van der Waals surface area contributed by atoms with E-state index >= 15 is 0 Å². The summed E-state index contributed by atoms with van der Waals surface area (Å²) in [6, 6.07) is 11.2. The molecule has 4 heteroatoms. The molecule has 3 nitrogen and oxygen atoms in total. The van der Waals surface area contributed by atoms with Crippen molar-refractivity contribution in [3.63, 3.8) is 0 Å². The number of aryl methyl sites for hydroxylation is 2. The van der Waals surface area contributed by atoms with E-state index in [0.29, 0.717) is 6.04 Å². The highest BCUT2D eigenvalue weighted by molar-refractivity contribution is 6.31. The molecule has 1 unspecified atom stereocenters. The molecule has 112 valence electrons. The minimum atomic E-state index is 0.248. The van der Waals surface area contributed by atoms with Gasteiger partial charge >= 0.3 is 0 Å². The van der Waals surface area contributed by atoms with Crippen molar-refractivity contribution in [2.24, 2.45) is 7.05 Å². The van der Waals surface area contributed by atoms with Crippen molar-refractivity contribution in [1.29, 1.82) is 0 Å². The predicted octanol–water partition coefficient (Wildman–Crippen LogP) is 3.24. The van der Waals surface area contributed by atoms with Crippen LogP contribution in [0.4, 0.5) is 0 Å². The molecule has 1 aliphatic carbocycles. The smallest absolute Gasteiger partial charge is 0.0847 e. The highest BCUT2D eigenvalue weighted by Crippen LogP contribution is 2.51. The summed E-state index contributed by atoms with van der Waals surface area (Å²) < 4.78 is 1.92. The number of aromatic nitrogens is 2. The molecular weight excluding hydrogens is 282 g/mol. The lowest BCUT2D eigenvalue weighted by Crippen LogP contribution is -2.40. The van der Waals surface area contributed by atoms with Crippen LogP contribution in [0.2, 0.25) is 5.02 Å². The summed E-state index contributed by atoms with van der Waals surface area (Å²) in [4.78, 5) is 0. The molecule has 1 aliphatic rings. The second-order valence-electron chi connectivity index (χ2n) is 6.04. The van der Waals surface area contributed by atoms with Gasteiger partial charge in [0.25, 0.3) is 0 Å². The third-order valence-electron chi connectivity index (χ3n) is 4.81. The molecule has 0 bridgehead atoms. The summed E-state index contributed by atoms with van der Waals surface area (Å²) >= 11 is 6.42. The van der Waals surface area contributed by atoms with E-state index in [-0.39, 0.29) is 5.41 Å². The Morgan fingerprint density at radius 2 is 2.00 bits per heavy atom. The van der Waals surface area contributed by atoms with Crippen LogP contribution in [0.5, 0.6) is 0 Å². The first-order valence-electron chi connectivity index (χ1n) is 7.49. The lowest BCUT2D eigenvalue weighted by molar-refractivity contribution is 0.432. The molecule has 1 aromatic carbocycles. The van der Waals surface area contributed by atoms with Crippen LogP contribution >= 0.6 is 11.6 Å². The van der Waals surface area contributed by atoms with Crippen LogP contribution in [0.3, 0.4) is 0 Å². The van der Waals surface area contributed by atoms with Crippen LogP contribution in [0.1, 0.15) is 29.8 Å². The van der Waals surface area contributed by atoms with Gasteiger partial charge in [-0.3, -0.25) is 4.68 Å². The Hall–Kier alpha value is -1.32. The third-order valence-corrected chi connectivity index (χ3v) is 5.30. The summed E-state index contributed by atoms with van der Waals surface area (Å²) in [5.41, 5.74) is 3.71. The van der Waals surface area contributed by atoms with Crippen LogP contribution in [0.15, 0.2) is 30.3 Å². The first kappa shape index (κ1) is 14.6. The fourth-order valence-corrected chi connectivity index (χ4v) is 3.65. The van der Waals surface area contributed by atoms with E-state index < -0.39 is 0 Å². The van der Waals surface area contributed by atoms with Gasteiger partial charge in [-0.1, -0.05) is 41.9 Å². The van der Waals surface area contributed by atoms with Crippen molar-refractivity contribution >= 4 is 11.6 Å². The molecule has 1 fully saturated rings. The van der Waals surface area contributed by atoms with Gasteiger partial charge in [0.05, 0.1) is 16.4 Å². The van der Waals surface area contributed by atoms with E-state index in [2.05, 4.69) is 40.7 Å². The summed E-state index contributed by atoms with van der Waals surface area (Å²) in [5, 5.41) is 8.75. The van der Waals surface area contributed by atoms with Gasteiger partial charge in [-0.15, -0.1) is 0 Å². The maximum atomic E-state index is 6.42. The van der Waals surface area contributed by atoms with E-state index in [0.717, 1.165) is 22.8 Å². The van der Waals surface area contributed by atoms with E-state index in [9.17, 15) is 0 Å². The van der Waals surface area contributed by atoms with Crippen molar-refractivity contribution in [2.75, 3.05) is 7.05 Å². The Labute approximate surface area is 131 Å². The number of nitrogens with zero attached hydrogens (tertiary/aromatic N) is 2. The Morgan fingerprint density at radius 3 is 2.48 bits per heavy atom. The monoisotopic (exact) mass is 303 g/mol. The lowest BCUT2D eigenvalue weighted by Gasteiger charge is -2.27. The molecular formula is C17H22ClN3. The first-order valence-corrected chi connectivity index (χ1v) is 7.87. The largest absolute Gasteiger partial charge is 0.316 e. The summed E-state index contributed by atoms with van der Waals surface area (Å²) in [5.74, 6) is 0. The van der Waals surface area contributed by atoms with Gasteiger partial charge in [-0.25, -0.2) is 0 Å². The van der Waals surface area contributed by atoms with Crippen molar-refractivity contribution in [2.45, 2.75) is 37.6 Å². The highest BCUT2D eigenvalue weighted by Gasteiger charge is 2.50. The van der Waals surface area contributed by atoms with Crippen molar-refractivity contribution in [1.82, 2.24) is 15.1 Å². The Morgan fingerprint density at radius 1 is 1.33 bits per heavy atom. The second-order valence-corrected chi connectivity index (χ2v) is 6.42. The molecule has 1 N–H and O–H groups in total. The van der Waals surface area contributed by atoms with Gasteiger partial charge in [-0.2, -0.15) is 5.10 Å². The number of nitrogens with one attached hydrogen (secondary N) is 1. The van der Waals surface area contributed by atoms with E-state index in [1.807, 2.05) is 25.7 Å². The van der Waals surface area contributed by atoms with Crippen LogP contribution in [-0.4, -0.2) is 22.9 Å². The molecule has 3 rings (SSSR count). The Kier molecular flexibility index (Phi) is 3.80. The van der Waals surface area contributed by atoms with Crippen molar-refractivity contribution in [3.8, 4) is 0 Å². The fourth-order valence-electron chi connectivity index (χ4n) is 3.41. The number of halogens is 1. The van der Waals surface area contributed by atoms with Gasteiger partial charge in [0.1, 0.15) is 0 Å². The topological polar surface area (TPSA) is 29.9 Å². The molecule has 21 heavy (non-hydrogen) atoms. The average molecular weight is 304 g/mol. The molecule has 0 aliphatic heterocycles. The van der Waals surface area contributed by atoms with E-state index in [4.69, 9.17) is 11.6 Å². The normalized spacial score (nSPS) is 17.7. The summed E-state index contributed by atoms with van der Waals surface area (Å²) in [7, 11) is 4.02. The number of hydrogen-bond acceptors (Lipinski definition) is 2. The maximum Gasteiger partial charge on any atom is 0.0847 e. The van der Waals surface area contributed by atoms with Gasteiger partial charge in [0, 0.05) is 24.9 Å². The molecule has 2 aromatic rings. The highest BCUT2D eigenvalue weighted by atomic mass is 35.5. The molecule has 0 spiro atoms. The van der Waals surface area contributed by atoms with Gasteiger partial charge in [0.2, 0.25) is 0 Å². The number of likely N-dealkylation sites (N-methyl/N-ethyl adjacent to an activating group) is 1. The molecule has 1 aromatic heterocycles. The van der Waals surface area contributed by atoms with Crippen molar-refractivity contribution < 1.29 is 0 Å². The van der Waals surface area contributed by atoms with Gasteiger partial charge in [0.15, 0.2) is 0 Å². The molecule has 1 heterocycles. The predicted molar refractivity (Wildman–Crippen MR) is 86.9 cm³/mol. The SMILES string of the molecule is CNC(Cc1c(Cl)c(C)nn1C)C1(c2ccccc2)CC1. The second kappa shape index (κ2) is 5.47. The summed E-state index contributed by atoms with van der Waals surface area (Å²) in [6.07, 6.45) is 3.37. The van der Waals surface area contributed by atoms with E-state index in [1.165, 1.54) is 18.4 Å². The van der Waals surface area contributed by atoms with Crippen LogP contribution in [0.25, 0.3) is 0 Å². The Balaban J connectivity index is 1.89. The van der Waals surface area contributed by atoms with Crippen LogP contribution in [0, 0.1) is 6.92 Å². The molecule has 0 radical (unpaired) electrons. The molecule has 0 saturated heterocycles. The van der Waals surface area contributed by atoms with Crippen LogP contribution in [-0.2, 0) is 18.9 Å². The third kappa shape index (κ3) is 2.49. The van der Waals surface area contributed by atoms with Crippen molar-refractivity contribution in [3.05, 3.63) is 52.3 Å². The number of benzene rings is 1. The van der Waals surface area contributed by atoms with Gasteiger partial charge < -0.3 is 5.32 Å². The molecule has 1 saturated carbocycles.